The molecule has 0 aliphatic heterocycles. The molecule has 0 amide bonds. The number of aryl methyl sites for hydroxylation is 1. The Kier molecular flexibility index (Phi) is 7.45. The lowest BCUT2D eigenvalue weighted by Gasteiger charge is -2.12. The van der Waals surface area contributed by atoms with E-state index in [4.69, 9.17) is 0 Å². The van der Waals surface area contributed by atoms with Crippen molar-refractivity contribution in [3.8, 4) is 11.4 Å². The molecule has 0 fully saturated rings. The minimum atomic E-state index is 0. The molecule has 4 rings (SSSR count). The number of guanidine groups is 1. The number of benzene rings is 2. The van der Waals surface area contributed by atoms with Crippen LogP contribution < -0.4 is 10.6 Å². The molecule has 4 aromatic rings. The summed E-state index contributed by atoms with van der Waals surface area (Å²) in [6.07, 6.45) is 4.54. The second-order valence-electron chi connectivity index (χ2n) is 6.95. The number of aliphatic imine (C=N–C) groups is 1. The summed E-state index contributed by atoms with van der Waals surface area (Å²) in [7, 11) is 1.79. The van der Waals surface area contributed by atoms with Gasteiger partial charge in [-0.25, -0.2) is 4.98 Å². The van der Waals surface area contributed by atoms with Crippen LogP contribution in [0.4, 0.5) is 0 Å². The smallest absolute Gasteiger partial charge is 0.191 e. The molecule has 0 aliphatic rings. The highest BCUT2D eigenvalue weighted by atomic mass is 127. The number of aromatic nitrogens is 4. The summed E-state index contributed by atoms with van der Waals surface area (Å²) in [5, 5.41) is 14.9. The van der Waals surface area contributed by atoms with E-state index in [9.17, 15) is 0 Å². The van der Waals surface area contributed by atoms with Gasteiger partial charge in [0.2, 0.25) is 0 Å². The fourth-order valence-electron chi connectivity index (χ4n) is 3.47. The van der Waals surface area contributed by atoms with Gasteiger partial charge >= 0.3 is 0 Å². The van der Waals surface area contributed by atoms with Gasteiger partial charge in [-0.1, -0.05) is 36.4 Å². The van der Waals surface area contributed by atoms with Crippen molar-refractivity contribution in [1.29, 1.82) is 0 Å². The van der Waals surface area contributed by atoms with Gasteiger partial charge in [-0.15, -0.1) is 24.0 Å². The maximum absolute atomic E-state index is 4.33. The van der Waals surface area contributed by atoms with Gasteiger partial charge in [0.15, 0.2) is 11.8 Å². The third kappa shape index (κ3) is 4.99. The highest BCUT2D eigenvalue weighted by molar-refractivity contribution is 14.0. The summed E-state index contributed by atoms with van der Waals surface area (Å²) in [5.41, 5.74) is 5.96. The Balaban J connectivity index is 0.00000256. The van der Waals surface area contributed by atoms with Gasteiger partial charge in [0, 0.05) is 42.8 Å². The van der Waals surface area contributed by atoms with Crippen molar-refractivity contribution in [2.45, 2.75) is 19.9 Å². The quantitative estimate of drug-likeness (QED) is 0.179. The number of aromatic amines is 2. The van der Waals surface area contributed by atoms with E-state index in [-0.39, 0.29) is 24.0 Å². The zero-order valence-electron chi connectivity index (χ0n) is 17.1. The molecule has 8 heteroatoms. The van der Waals surface area contributed by atoms with Crippen LogP contribution in [0.25, 0.3) is 22.3 Å². The van der Waals surface area contributed by atoms with E-state index in [0.29, 0.717) is 6.54 Å². The molecule has 0 saturated heterocycles. The van der Waals surface area contributed by atoms with Gasteiger partial charge in [-0.2, -0.15) is 5.10 Å². The van der Waals surface area contributed by atoms with E-state index >= 15 is 0 Å². The first kappa shape index (κ1) is 21.8. The lowest BCUT2D eigenvalue weighted by Crippen LogP contribution is -2.37. The molecule has 2 aromatic carbocycles. The molecule has 156 valence electrons. The summed E-state index contributed by atoms with van der Waals surface area (Å²) < 4.78 is 0. The highest BCUT2D eigenvalue weighted by Gasteiger charge is 2.06. The number of hydrogen-bond acceptors (Lipinski definition) is 3. The molecular formula is C22H26IN7. The Morgan fingerprint density at radius 2 is 2.00 bits per heavy atom. The van der Waals surface area contributed by atoms with E-state index < -0.39 is 0 Å². The fraction of sp³-hybridized carbons (Fsp3) is 0.227. The number of nitrogens with one attached hydrogen (secondary N) is 4. The molecule has 0 atom stereocenters. The van der Waals surface area contributed by atoms with Crippen molar-refractivity contribution in [3.05, 3.63) is 71.7 Å². The van der Waals surface area contributed by atoms with Crippen molar-refractivity contribution in [1.82, 2.24) is 30.8 Å². The minimum Gasteiger partial charge on any atom is -0.361 e. The summed E-state index contributed by atoms with van der Waals surface area (Å²) in [5.74, 6) is 1.55. The van der Waals surface area contributed by atoms with E-state index in [2.05, 4.69) is 79.2 Å². The molecular weight excluding hydrogens is 489 g/mol. The Hall–Kier alpha value is -2.88. The van der Waals surface area contributed by atoms with Crippen LogP contribution >= 0.6 is 24.0 Å². The number of nitrogens with zero attached hydrogens (tertiary/aromatic N) is 3. The number of halogens is 1. The van der Waals surface area contributed by atoms with Crippen molar-refractivity contribution >= 4 is 40.8 Å². The van der Waals surface area contributed by atoms with Gasteiger partial charge in [-0.05, 0) is 36.1 Å². The van der Waals surface area contributed by atoms with Gasteiger partial charge < -0.3 is 15.6 Å². The van der Waals surface area contributed by atoms with Gasteiger partial charge in [0.05, 0.1) is 0 Å². The molecule has 4 N–H and O–H groups in total. The predicted octanol–water partition coefficient (Wildman–Crippen LogP) is 3.79. The minimum absolute atomic E-state index is 0. The lowest BCUT2D eigenvalue weighted by molar-refractivity contribution is 0.796. The average molecular weight is 515 g/mol. The number of hydrogen-bond donors (Lipinski definition) is 4. The number of para-hydroxylation sites is 1. The zero-order valence-corrected chi connectivity index (χ0v) is 19.4. The molecule has 30 heavy (non-hydrogen) atoms. The second-order valence-corrected chi connectivity index (χ2v) is 6.95. The largest absolute Gasteiger partial charge is 0.361 e. The molecule has 2 aromatic heterocycles. The monoisotopic (exact) mass is 515 g/mol. The number of fused-ring (bicyclic) bond motifs is 1. The van der Waals surface area contributed by atoms with E-state index in [1.54, 1.807) is 7.05 Å². The van der Waals surface area contributed by atoms with Gasteiger partial charge in [-0.3, -0.25) is 10.1 Å². The van der Waals surface area contributed by atoms with Gasteiger partial charge in [0.1, 0.15) is 6.33 Å². The molecule has 0 radical (unpaired) electrons. The molecule has 0 spiro atoms. The van der Waals surface area contributed by atoms with E-state index in [1.807, 2.05) is 12.1 Å². The number of rotatable bonds is 6. The summed E-state index contributed by atoms with van der Waals surface area (Å²) in [4.78, 5) is 11.9. The summed E-state index contributed by atoms with van der Waals surface area (Å²) in [6.45, 7) is 3.61. The maximum atomic E-state index is 4.33. The zero-order chi connectivity index (χ0) is 20.1. The standard InChI is InChI=1S/C22H25N7.HI/c1-15-5-3-8-19-18(13-25-20(15)19)9-10-24-22(23-2)26-12-16-6-4-7-17(11-16)21-27-14-28-29-21;/h3-8,11,13-14,25H,9-10,12H2,1-2H3,(H2,23,24,26)(H,27,28,29);1H. The van der Waals surface area contributed by atoms with Crippen LogP contribution in [0.5, 0.6) is 0 Å². The maximum Gasteiger partial charge on any atom is 0.191 e. The highest BCUT2D eigenvalue weighted by Crippen LogP contribution is 2.21. The summed E-state index contributed by atoms with van der Waals surface area (Å²) >= 11 is 0. The predicted molar refractivity (Wildman–Crippen MR) is 132 cm³/mol. The van der Waals surface area contributed by atoms with Crippen molar-refractivity contribution in [3.63, 3.8) is 0 Å². The summed E-state index contributed by atoms with van der Waals surface area (Å²) in [6, 6.07) is 14.6. The van der Waals surface area contributed by atoms with Crippen molar-refractivity contribution < 1.29 is 0 Å². The van der Waals surface area contributed by atoms with Crippen LogP contribution in [0.15, 0.2) is 60.0 Å². The van der Waals surface area contributed by atoms with Crippen LogP contribution in [0.1, 0.15) is 16.7 Å². The first-order valence-corrected chi connectivity index (χ1v) is 9.69. The average Bonchev–Trinajstić information content (AvgIpc) is 3.42. The fourth-order valence-corrected chi connectivity index (χ4v) is 3.47. The SMILES string of the molecule is CN=C(NCCc1c[nH]c2c(C)cccc12)NCc1cccc(-c2ncn[nH]2)c1.I. The van der Waals surface area contributed by atoms with E-state index in [1.165, 1.54) is 28.4 Å². The molecule has 2 heterocycles. The van der Waals surface area contributed by atoms with Crippen LogP contribution in [0, 0.1) is 6.92 Å². The van der Waals surface area contributed by atoms with Crippen LogP contribution in [-0.2, 0) is 13.0 Å². The Labute approximate surface area is 192 Å². The third-order valence-electron chi connectivity index (χ3n) is 5.00. The van der Waals surface area contributed by atoms with Crippen molar-refractivity contribution in [2.24, 2.45) is 4.99 Å². The Morgan fingerprint density at radius 1 is 1.13 bits per heavy atom. The molecule has 0 saturated carbocycles. The third-order valence-corrected chi connectivity index (χ3v) is 5.00. The molecule has 7 nitrogen and oxygen atoms in total. The Morgan fingerprint density at radius 3 is 2.80 bits per heavy atom. The molecule has 0 aliphatic carbocycles. The normalized spacial score (nSPS) is 11.3. The lowest BCUT2D eigenvalue weighted by atomic mass is 10.1. The van der Waals surface area contributed by atoms with Crippen molar-refractivity contribution in [2.75, 3.05) is 13.6 Å². The first-order valence-electron chi connectivity index (χ1n) is 9.69. The second kappa shape index (κ2) is 10.2. The topological polar surface area (TPSA) is 93.8 Å². The van der Waals surface area contributed by atoms with E-state index in [0.717, 1.165) is 35.9 Å². The van der Waals surface area contributed by atoms with Gasteiger partial charge in [0.25, 0.3) is 0 Å². The Bertz CT molecular complexity index is 1120. The first-order chi connectivity index (χ1) is 14.2. The molecule has 0 unspecified atom stereocenters. The van der Waals surface area contributed by atoms with Crippen LogP contribution in [0.2, 0.25) is 0 Å². The molecule has 0 bridgehead atoms. The van der Waals surface area contributed by atoms with Crippen LogP contribution in [-0.4, -0.2) is 39.7 Å². The van der Waals surface area contributed by atoms with Crippen LogP contribution in [0.3, 0.4) is 0 Å². The number of H-pyrrole nitrogens is 2.